The molecule has 0 radical (unpaired) electrons. The van der Waals surface area contributed by atoms with E-state index in [4.69, 9.17) is 33.7 Å². The van der Waals surface area contributed by atoms with Crippen molar-refractivity contribution < 1.29 is 4.74 Å². The standard InChI is InChI=1S/C18H26Cl2N4O.HI/c19-14-2-3-15(17(20)11-14)16-10-13(16)12-23-18(21)22-4-1-5-24-6-8-25-9-7-24;/h2-3,11,13,16H,1,4-10,12H2,(H3,21,22,23);1H. The van der Waals surface area contributed by atoms with Gasteiger partial charge in [0.2, 0.25) is 0 Å². The van der Waals surface area contributed by atoms with Crippen LogP contribution in [0.2, 0.25) is 10.0 Å². The molecular formula is C18H27Cl2IN4O. The molecule has 3 N–H and O–H groups in total. The summed E-state index contributed by atoms with van der Waals surface area (Å²) in [4.78, 5) is 6.89. The molecule has 2 aliphatic rings. The maximum Gasteiger partial charge on any atom is 0.188 e. The van der Waals surface area contributed by atoms with Gasteiger partial charge in [0, 0.05) is 36.2 Å². The molecule has 0 bridgehead atoms. The molecule has 3 rings (SSSR count). The number of nitrogens with zero attached hydrogens (tertiary/aromatic N) is 2. The second-order valence-electron chi connectivity index (χ2n) is 6.73. The predicted molar refractivity (Wildman–Crippen MR) is 119 cm³/mol. The van der Waals surface area contributed by atoms with Crippen LogP contribution in [0.25, 0.3) is 0 Å². The van der Waals surface area contributed by atoms with Gasteiger partial charge in [-0.05, 0) is 48.9 Å². The van der Waals surface area contributed by atoms with Gasteiger partial charge in [0.15, 0.2) is 5.96 Å². The SMILES string of the molecule is I.NC(=NCC1CC1c1ccc(Cl)cc1Cl)NCCCN1CCOCC1. The highest BCUT2D eigenvalue weighted by molar-refractivity contribution is 14.0. The molecule has 1 saturated carbocycles. The minimum atomic E-state index is 0. The Morgan fingerprint density at radius 1 is 1.31 bits per heavy atom. The van der Waals surface area contributed by atoms with Crippen LogP contribution in [-0.4, -0.2) is 56.8 Å². The van der Waals surface area contributed by atoms with Gasteiger partial charge in [-0.15, -0.1) is 24.0 Å². The first-order chi connectivity index (χ1) is 12.1. The fourth-order valence-electron chi connectivity index (χ4n) is 3.25. The highest BCUT2D eigenvalue weighted by Crippen LogP contribution is 2.49. The number of morpholine rings is 1. The van der Waals surface area contributed by atoms with E-state index < -0.39 is 0 Å². The van der Waals surface area contributed by atoms with Gasteiger partial charge in [0.25, 0.3) is 0 Å². The van der Waals surface area contributed by atoms with Crippen molar-refractivity contribution in [2.45, 2.75) is 18.8 Å². The average molecular weight is 513 g/mol. The molecule has 146 valence electrons. The third kappa shape index (κ3) is 6.71. The van der Waals surface area contributed by atoms with Crippen molar-refractivity contribution in [3.63, 3.8) is 0 Å². The summed E-state index contributed by atoms with van der Waals surface area (Å²) in [5, 5.41) is 4.63. The molecule has 1 aromatic carbocycles. The van der Waals surface area contributed by atoms with Crippen molar-refractivity contribution in [3.05, 3.63) is 33.8 Å². The van der Waals surface area contributed by atoms with Gasteiger partial charge in [-0.25, -0.2) is 0 Å². The van der Waals surface area contributed by atoms with Crippen LogP contribution in [-0.2, 0) is 4.74 Å². The van der Waals surface area contributed by atoms with Crippen LogP contribution in [0.15, 0.2) is 23.2 Å². The van der Waals surface area contributed by atoms with Crippen LogP contribution in [0.5, 0.6) is 0 Å². The molecule has 0 amide bonds. The maximum absolute atomic E-state index is 6.27. The van der Waals surface area contributed by atoms with E-state index in [1.165, 1.54) is 5.56 Å². The van der Waals surface area contributed by atoms with E-state index in [0.29, 0.717) is 22.8 Å². The van der Waals surface area contributed by atoms with E-state index in [0.717, 1.165) is 63.8 Å². The molecule has 1 heterocycles. The van der Waals surface area contributed by atoms with E-state index >= 15 is 0 Å². The second kappa shape index (κ2) is 10.9. The van der Waals surface area contributed by atoms with Crippen molar-refractivity contribution in [1.82, 2.24) is 10.2 Å². The van der Waals surface area contributed by atoms with E-state index in [1.807, 2.05) is 18.2 Å². The van der Waals surface area contributed by atoms with Crippen LogP contribution in [0.4, 0.5) is 0 Å². The van der Waals surface area contributed by atoms with Crippen LogP contribution < -0.4 is 11.1 Å². The number of guanidine groups is 1. The molecule has 8 heteroatoms. The van der Waals surface area contributed by atoms with E-state index in [9.17, 15) is 0 Å². The Bertz CT molecular complexity index is 611. The zero-order valence-corrected chi connectivity index (χ0v) is 18.6. The van der Waals surface area contributed by atoms with Gasteiger partial charge in [-0.2, -0.15) is 0 Å². The Balaban J connectivity index is 0.00000243. The lowest BCUT2D eigenvalue weighted by molar-refractivity contribution is 0.0376. The Labute approximate surface area is 182 Å². The summed E-state index contributed by atoms with van der Waals surface area (Å²) >= 11 is 12.2. The highest BCUT2D eigenvalue weighted by Gasteiger charge is 2.39. The number of hydrogen-bond donors (Lipinski definition) is 2. The largest absolute Gasteiger partial charge is 0.379 e. The molecule has 2 unspecified atom stereocenters. The molecule has 2 atom stereocenters. The zero-order valence-electron chi connectivity index (χ0n) is 14.8. The van der Waals surface area contributed by atoms with Gasteiger partial charge in [-0.1, -0.05) is 29.3 Å². The Kier molecular flexibility index (Phi) is 9.23. The van der Waals surface area contributed by atoms with Crippen molar-refractivity contribution in [3.8, 4) is 0 Å². The average Bonchev–Trinajstić information content (AvgIpc) is 3.37. The van der Waals surface area contributed by atoms with Crippen LogP contribution >= 0.6 is 47.2 Å². The molecular weight excluding hydrogens is 486 g/mol. The third-order valence-electron chi connectivity index (χ3n) is 4.84. The number of nitrogens with one attached hydrogen (secondary N) is 1. The van der Waals surface area contributed by atoms with Crippen molar-refractivity contribution >= 4 is 53.1 Å². The highest BCUT2D eigenvalue weighted by atomic mass is 127. The predicted octanol–water partition coefficient (Wildman–Crippen LogP) is 3.34. The first-order valence-corrected chi connectivity index (χ1v) is 9.68. The third-order valence-corrected chi connectivity index (χ3v) is 5.40. The van der Waals surface area contributed by atoms with E-state index in [2.05, 4.69) is 15.2 Å². The molecule has 1 aliphatic carbocycles. The summed E-state index contributed by atoms with van der Waals surface area (Å²) in [6.07, 6.45) is 2.16. The van der Waals surface area contributed by atoms with Crippen molar-refractivity contribution in [2.24, 2.45) is 16.6 Å². The zero-order chi connectivity index (χ0) is 17.6. The monoisotopic (exact) mass is 512 g/mol. The molecule has 1 saturated heterocycles. The summed E-state index contributed by atoms with van der Waals surface area (Å²) in [5.41, 5.74) is 7.13. The Hall–Kier alpha value is -0.280. The van der Waals surface area contributed by atoms with Crippen LogP contribution in [0.3, 0.4) is 0 Å². The summed E-state index contributed by atoms with van der Waals surface area (Å²) in [5.74, 6) is 1.53. The smallest absolute Gasteiger partial charge is 0.188 e. The number of benzene rings is 1. The number of aliphatic imine (C=N–C) groups is 1. The molecule has 1 aliphatic heterocycles. The van der Waals surface area contributed by atoms with E-state index in [-0.39, 0.29) is 24.0 Å². The minimum absolute atomic E-state index is 0. The lowest BCUT2D eigenvalue weighted by Gasteiger charge is -2.26. The summed E-state index contributed by atoms with van der Waals surface area (Å²) in [6, 6.07) is 5.72. The van der Waals surface area contributed by atoms with Crippen molar-refractivity contribution in [2.75, 3.05) is 45.9 Å². The first-order valence-electron chi connectivity index (χ1n) is 8.92. The van der Waals surface area contributed by atoms with Gasteiger partial charge in [-0.3, -0.25) is 9.89 Å². The van der Waals surface area contributed by atoms with Crippen molar-refractivity contribution in [1.29, 1.82) is 0 Å². The summed E-state index contributed by atoms with van der Waals surface area (Å²) in [7, 11) is 0. The van der Waals surface area contributed by atoms with Gasteiger partial charge in [0.05, 0.1) is 13.2 Å². The topological polar surface area (TPSA) is 62.9 Å². The summed E-state index contributed by atoms with van der Waals surface area (Å²) < 4.78 is 5.35. The summed E-state index contributed by atoms with van der Waals surface area (Å²) in [6.45, 7) is 6.41. The fourth-order valence-corrected chi connectivity index (χ4v) is 3.80. The first kappa shape index (κ1) is 22.0. The Morgan fingerprint density at radius 3 is 2.81 bits per heavy atom. The lowest BCUT2D eigenvalue weighted by Crippen LogP contribution is -2.39. The van der Waals surface area contributed by atoms with E-state index in [1.54, 1.807) is 0 Å². The maximum atomic E-state index is 6.27. The normalized spacial score (nSPS) is 23.4. The van der Waals surface area contributed by atoms with Gasteiger partial charge >= 0.3 is 0 Å². The second-order valence-corrected chi connectivity index (χ2v) is 7.57. The molecule has 1 aromatic rings. The molecule has 5 nitrogen and oxygen atoms in total. The Morgan fingerprint density at radius 2 is 2.08 bits per heavy atom. The quantitative estimate of drug-likeness (QED) is 0.254. The van der Waals surface area contributed by atoms with Crippen LogP contribution in [0.1, 0.15) is 24.3 Å². The molecule has 26 heavy (non-hydrogen) atoms. The number of ether oxygens (including phenoxy) is 1. The lowest BCUT2D eigenvalue weighted by atomic mass is 10.1. The molecule has 0 aromatic heterocycles. The number of hydrogen-bond acceptors (Lipinski definition) is 3. The molecule has 2 fully saturated rings. The van der Waals surface area contributed by atoms with Gasteiger partial charge < -0.3 is 15.8 Å². The number of rotatable bonds is 7. The number of halogens is 3. The minimum Gasteiger partial charge on any atom is -0.379 e. The fraction of sp³-hybridized carbons (Fsp3) is 0.611. The van der Waals surface area contributed by atoms with Crippen LogP contribution in [0, 0.1) is 5.92 Å². The molecule has 0 spiro atoms. The van der Waals surface area contributed by atoms with Gasteiger partial charge in [0.1, 0.15) is 0 Å². The number of nitrogens with two attached hydrogens (primary N) is 1.